The number of amides is 1. The van der Waals surface area contributed by atoms with Crippen molar-refractivity contribution in [2.75, 3.05) is 5.32 Å². The van der Waals surface area contributed by atoms with Crippen molar-refractivity contribution in [3.63, 3.8) is 0 Å². The second kappa shape index (κ2) is 4.10. The van der Waals surface area contributed by atoms with Crippen LogP contribution < -0.4 is 5.32 Å². The Morgan fingerprint density at radius 2 is 2.40 bits per heavy atom. The third-order valence-electron chi connectivity index (χ3n) is 1.76. The average Bonchev–Trinajstić information content (AvgIpc) is 2.71. The van der Waals surface area contributed by atoms with E-state index < -0.39 is 0 Å². The first-order valence-electron chi connectivity index (χ1n) is 4.18. The van der Waals surface area contributed by atoms with Crippen molar-refractivity contribution in [3.8, 4) is 0 Å². The molecule has 76 valence electrons. The van der Waals surface area contributed by atoms with E-state index in [1.807, 2.05) is 0 Å². The van der Waals surface area contributed by atoms with Crippen LogP contribution in [0.15, 0.2) is 30.7 Å². The minimum atomic E-state index is -0.311. The summed E-state index contributed by atoms with van der Waals surface area (Å²) >= 11 is 5.76. The van der Waals surface area contributed by atoms with Crippen molar-refractivity contribution < 1.29 is 4.79 Å². The van der Waals surface area contributed by atoms with Gasteiger partial charge in [0.2, 0.25) is 0 Å². The molecule has 2 aromatic rings. The zero-order chi connectivity index (χ0) is 10.7. The number of aromatic nitrogens is 3. The summed E-state index contributed by atoms with van der Waals surface area (Å²) in [5.41, 5.74) is 0.917. The standard InChI is InChI=1S/C9H7ClN4O/c10-8-7(2-1-3-11-8)9(15)14-6-4-12-13-5-6/h1-5H,(H,12,13)(H,14,15). The normalized spacial score (nSPS) is 9.93. The van der Waals surface area contributed by atoms with Gasteiger partial charge in [0.15, 0.2) is 0 Å². The Balaban J connectivity index is 2.19. The SMILES string of the molecule is O=C(Nc1cn[nH]c1)c1cccnc1Cl. The Hall–Kier alpha value is -1.88. The van der Waals surface area contributed by atoms with Gasteiger partial charge < -0.3 is 5.32 Å². The Morgan fingerprint density at radius 1 is 1.53 bits per heavy atom. The molecule has 0 aliphatic rings. The van der Waals surface area contributed by atoms with Crippen molar-refractivity contribution in [1.82, 2.24) is 15.2 Å². The Kier molecular flexibility index (Phi) is 2.64. The number of H-pyrrole nitrogens is 1. The van der Waals surface area contributed by atoms with Crippen LogP contribution in [-0.2, 0) is 0 Å². The van der Waals surface area contributed by atoms with Crippen LogP contribution in [0.2, 0.25) is 5.15 Å². The number of anilines is 1. The molecule has 0 saturated heterocycles. The van der Waals surface area contributed by atoms with E-state index in [0.29, 0.717) is 11.3 Å². The maximum absolute atomic E-state index is 11.7. The number of carbonyl (C=O) groups excluding carboxylic acids is 1. The van der Waals surface area contributed by atoms with Crippen molar-refractivity contribution in [3.05, 3.63) is 41.4 Å². The van der Waals surface area contributed by atoms with Crippen molar-refractivity contribution in [2.24, 2.45) is 0 Å². The van der Waals surface area contributed by atoms with E-state index in [1.165, 1.54) is 12.4 Å². The summed E-state index contributed by atoms with van der Waals surface area (Å²) in [5.74, 6) is -0.311. The van der Waals surface area contributed by atoms with Crippen LogP contribution in [0.3, 0.4) is 0 Å². The van der Waals surface area contributed by atoms with Crippen LogP contribution in [0, 0.1) is 0 Å². The summed E-state index contributed by atoms with van der Waals surface area (Å²) in [6, 6.07) is 3.25. The number of halogens is 1. The molecule has 6 heteroatoms. The summed E-state index contributed by atoms with van der Waals surface area (Å²) < 4.78 is 0. The topological polar surface area (TPSA) is 70.7 Å². The molecule has 1 amide bonds. The van der Waals surface area contributed by atoms with Gasteiger partial charge >= 0.3 is 0 Å². The molecule has 0 saturated carbocycles. The molecule has 0 unspecified atom stereocenters. The second-order valence-corrected chi connectivity index (χ2v) is 3.14. The summed E-state index contributed by atoms with van der Waals surface area (Å²) in [5, 5.41) is 9.09. The van der Waals surface area contributed by atoms with Gasteiger partial charge in [-0.25, -0.2) is 4.98 Å². The Labute approximate surface area is 90.5 Å². The van der Waals surface area contributed by atoms with Crippen LogP contribution in [0.4, 0.5) is 5.69 Å². The zero-order valence-corrected chi connectivity index (χ0v) is 8.32. The number of aromatic amines is 1. The first kappa shape index (κ1) is 9.67. The first-order valence-corrected chi connectivity index (χ1v) is 4.56. The van der Waals surface area contributed by atoms with Crippen LogP contribution in [-0.4, -0.2) is 21.1 Å². The zero-order valence-electron chi connectivity index (χ0n) is 7.57. The predicted molar refractivity (Wildman–Crippen MR) is 55.8 cm³/mol. The van der Waals surface area contributed by atoms with Crippen molar-refractivity contribution in [2.45, 2.75) is 0 Å². The minimum Gasteiger partial charge on any atom is -0.319 e. The summed E-state index contributed by atoms with van der Waals surface area (Å²) in [7, 11) is 0. The monoisotopic (exact) mass is 222 g/mol. The number of hydrogen-bond acceptors (Lipinski definition) is 3. The molecule has 15 heavy (non-hydrogen) atoms. The van der Waals surface area contributed by atoms with E-state index in [1.54, 1.807) is 18.3 Å². The summed E-state index contributed by atoms with van der Waals surface area (Å²) in [4.78, 5) is 15.5. The maximum atomic E-state index is 11.7. The van der Waals surface area contributed by atoms with E-state index in [9.17, 15) is 4.79 Å². The Morgan fingerprint density at radius 3 is 3.07 bits per heavy atom. The lowest BCUT2D eigenvalue weighted by molar-refractivity contribution is 0.102. The highest BCUT2D eigenvalue weighted by molar-refractivity contribution is 6.33. The molecular formula is C9H7ClN4O. The molecule has 0 radical (unpaired) electrons. The molecule has 2 N–H and O–H groups in total. The summed E-state index contributed by atoms with van der Waals surface area (Å²) in [6.45, 7) is 0. The molecule has 0 fully saturated rings. The lowest BCUT2D eigenvalue weighted by Crippen LogP contribution is -2.12. The number of carbonyl (C=O) groups is 1. The molecule has 0 aliphatic carbocycles. The Bertz CT molecular complexity index is 469. The molecule has 2 heterocycles. The van der Waals surface area contributed by atoms with Gasteiger partial charge in [0, 0.05) is 12.4 Å². The fourth-order valence-electron chi connectivity index (χ4n) is 1.07. The third kappa shape index (κ3) is 2.13. The number of pyridine rings is 1. The largest absolute Gasteiger partial charge is 0.319 e. The molecule has 0 spiro atoms. The molecule has 0 aliphatic heterocycles. The first-order chi connectivity index (χ1) is 7.27. The lowest BCUT2D eigenvalue weighted by atomic mass is 10.2. The molecular weight excluding hydrogens is 216 g/mol. The highest BCUT2D eigenvalue weighted by Gasteiger charge is 2.10. The maximum Gasteiger partial charge on any atom is 0.258 e. The fourth-order valence-corrected chi connectivity index (χ4v) is 1.28. The lowest BCUT2D eigenvalue weighted by Gasteiger charge is -2.02. The van der Waals surface area contributed by atoms with Gasteiger partial charge in [-0.3, -0.25) is 9.89 Å². The van der Waals surface area contributed by atoms with Gasteiger partial charge in [-0.15, -0.1) is 0 Å². The smallest absolute Gasteiger partial charge is 0.258 e. The highest BCUT2D eigenvalue weighted by Crippen LogP contribution is 2.13. The van der Waals surface area contributed by atoms with E-state index in [-0.39, 0.29) is 11.1 Å². The molecule has 5 nitrogen and oxygen atoms in total. The van der Waals surface area contributed by atoms with Crippen molar-refractivity contribution >= 4 is 23.2 Å². The highest BCUT2D eigenvalue weighted by atomic mass is 35.5. The van der Waals surface area contributed by atoms with E-state index in [4.69, 9.17) is 11.6 Å². The fraction of sp³-hybridized carbons (Fsp3) is 0. The van der Waals surface area contributed by atoms with Gasteiger partial charge in [-0.2, -0.15) is 5.10 Å². The van der Waals surface area contributed by atoms with E-state index in [2.05, 4.69) is 20.5 Å². The average molecular weight is 223 g/mol. The number of nitrogens with one attached hydrogen (secondary N) is 2. The quantitative estimate of drug-likeness (QED) is 0.760. The number of hydrogen-bond donors (Lipinski definition) is 2. The van der Waals surface area contributed by atoms with Crippen LogP contribution in [0.25, 0.3) is 0 Å². The van der Waals surface area contributed by atoms with Crippen LogP contribution >= 0.6 is 11.6 Å². The van der Waals surface area contributed by atoms with Gasteiger partial charge in [0.1, 0.15) is 5.15 Å². The van der Waals surface area contributed by atoms with Crippen LogP contribution in [0.1, 0.15) is 10.4 Å². The van der Waals surface area contributed by atoms with E-state index in [0.717, 1.165) is 0 Å². The van der Waals surface area contributed by atoms with Crippen LogP contribution in [0.5, 0.6) is 0 Å². The van der Waals surface area contributed by atoms with Gasteiger partial charge in [0.05, 0.1) is 17.4 Å². The second-order valence-electron chi connectivity index (χ2n) is 2.78. The van der Waals surface area contributed by atoms with Gasteiger partial charge in [0.25, 0.3) is 5.91 Å². The molecule has 2 rings (SSSR count). The molecule has 0 aromatic carbocycles. The number of rotatable bonds is 2. The third-order valence-corrected chi connectivity index (χ3v) is 2.06. The summed E-state index contributed by atoms with van der Waals surface area (Å²) in [6.07, 6.45) is 4.60. The van der Waals surface area contributed by atoms with E-state index >= 15 is 0 Å². The van der Waals surface area contributed by atoms with Crippen molar-refractivity contribution in [1.29, 1.82) is 0 Å². The number of nitrogens with zero attached hydrogens (tertiary/aromatic N) is 2. The predicted octanol–water partition coefficient (Wildman–Crippen LogP) is 1.71. The molecule has 0 bridgehead atoms. The van der Waals surface area contributed by atoms with Gasteiger partial charge in [-0.1, -0.05) is 11.6 Å². The minimum absolute atomic E-state index is 0.179. The van der Waals surface area contributed by atoms with Gasteiger partial charge in [-0.05, 0) is 12.1 Å². The molecule has 0 atom stereocenters. The molecule has 2 aromatic heterocycles.